The molecule has 98 valence electrons. The van der Waals surface area contributed by atoms with Crippen molar-refractivity contribution in [3.8, 4) is 5.88 Å². The van der Waals surface area contributed by atoms with Gasteiger partial charge in [-0.25, -0.2) is 9.78 Å². The molecular weight excluding hydrogens is 268 g/mol. The Bertz CT molecular complexity index is 617. The molecule has 0 atom stereocenters. The van der Waals surface area contributed by atoms with E-state index >= 15 is 0 Å². The van der Waals surface area contributed by atoms with Crippen LogP contribution in [0.1, 0.15) is 15.9 Å². The van der Waals surface area contributed by atoms with Crippen molar-refractivity contribution in [3.05, 3.63) is 52.7 Å². The Morgan fingerprint density at radius 3 is 2.89 bits per heavy atom. The van der Waals surface area contributed by atoms with Crippen LogP contribution in [0.15, 0.2) is 36.5 Å². The minimum atomic E-state index is -1.12. The number of ether oxygens (including phenoxy) is 1. The lowest BCUT2D eigenvalue weighted by Gasteiger charge is -2.09. The molecule has 0 saturated heterocycles. The van der Waals surface area contributed by atoms with E-state index in [1.165, 1.54) is 12.3 Å². The maximum atomic E-state index is 10.9. The number of carboxylic acids is 1. The summed E-state index contributed by atoms with van der Waals surface area (Å²) in [7, 11) is 0. The molecule has 0 aliphatic rings. The van der Waals surface area contributed by atoms with Gasteiger partial charge in [0.25, 0.3) is 0 Å². The number of nitrogen functional groups attached to an aromatic ring is 1. The topological polar surface area (TPSA) is 85.4 Å². The minimum Gasteiger partial charge on any atom is -0.478 e. The van der Waals surface area contributed by atoms with Crippen LogP contribution in [0, 0.1) is 0 Å². The first-order valence-electron chi connectivity index (χ1n) is 5.43. The van der Waals surface area contributed by atoms with Gasteiger partial charge in [0, 0.05) is 11.2 Å². The van der Waals surface area contributed by atoms with E-state index in [1.807, 2.05) is 6.07 Å². The van der Waals surface area contributed by atoms with E-state index in [2.05, 4.69) is 4.98 Å². The van der Waals surface area contributed by atoms with Crippen molar-refractivity contribution in [1.29, 1.82) is 0 Å². The third-order valence-corrected chi connectivity index (χ3v) is 2.68. The Kier molecular flexibility index (Phi) is 3.87. The number of rotatable bonds is 4. The number of hydrogen-bond donors (Lipinski definition) is 2. The second-order valence-corrected chi connectivity index (χ2v) is 4.24. The number of pyridine rings is 1. The van der Waals surface area contributed by atoms with Crippen molar-refractivity contribution < 1.29 is 14.6 Å². The van der Waals surface area contributed by atoms with Gasteiger partial charge < -0.3 is 15.6 Å². The summed E-state index contributed by atoms with van der Waals surface area (Å²) in [6.07, 6.45) is 1.34. The normalized spacial score (nSPS) is 10.2. The number of carboxylic acid groups (broad SMARTS) is 1. The summed E-state index contributed by atoms with van der Waals surface area (Å²) in [5, 5.41) is 9.53. The van der Waals surface area contributed by atoms with Crippen LogP contribution in [0.3, 0.4) is 0 Å². The molecule has 0 aliphatic heterocycles. The Balaban J connectivity index is 2.16. The molecule has 2 rings (SSSR count). The van der Waals surface area contributed by atoms with Crippen LogP contribution in [0.4, 0.5) is 5.69 Å². The molecule has 0 saturated carbocycles. The van der Waals surface area contributed by atoms with Gasteiger partial charge in [-0.2, -0.15) is 0 Å². The highest BCUT2D eigenvalue weighted by Crippen LogP contribution is 2.23. The smallest absolute Gasteiger partial charge is 0.338 e. The molecule has 1 aromatic heterocycles. The van der Waals surface area contributed by atoms with Gasteiger partial charge in [0.15, 0.2) is 0 Å². The third kappa shape index (κ3) is 3.14. The number of hydrogen-bond acceptors (Lipinski definition) is 4. The maximum absolute atomic E-state index is 10.9. The summed E-state index contributed by atoms with van der Waals surface area (Å²) in [6, 6.07) is 8.46. The van der Waals surface area contributed by atoms with E-state index in [-0.39, 0.29) is 23.7 Å². The SMILES string of the molecule is Nc1c(C(=O)O)ccnc1OCc1cccc(Cl)c1. The van der Waals surface area contributed by atoms with E-state index in [1.54, 1.807) is 18.2 Å². The number of aromatic carboxylic acids is 1. The molecule has 0 radical (unpaired) electrons. The van der Waals surface area contributed by atoms with Crippen molar-refractivity contribution in [2.45, 2.75) is 6.61 Å². The van der Waals surface area contributed by atoms with E-state index in [9.17, 15) is 4.79 Å². The number of benzene rings is 1. The van der Waals surface area contributed by atoms with Crippen molar-refractivity contribution in [1.82, 2.24) is 4.98 Å². The van der Waals surface area contributed by atoms with Crippen LogP contribution < -0.4 is 10.5 Å². The Morgan fingerprint density at radius 1 is 1.42 bits per heavy atom. The molecule has 0 amide bonds. The summed E-state index contributed by atoms with van der Waals surface area (Å²) in [5.74, 6) is -1.02. The fraction of sp³-hybridized carbons (Fsp3) is 0.0769. The maximum Gasteiger partial charge on any atom is 0.338 e. The Labute approximate surface area is 114 Å². The summed E-state index contributed by atoms with van der Waals surface area (Å²) in [6.45, 7) is 0.209. The molecule has 0 aliphatic carbocycles. The first-order chi connectivity index (χ1) is 9.08. The molecule has 0 bridgehead atoms. The zero-order chi connectivity index (χ0) is 13.8. The average Bonchev–Trinajstić information content (AvgIpc) is 2.37. The number of aromatic nitrogens is 1. The molecule has 1 heterocycles. The molecule has 6 heteroatoms. The van der Waals surface area contributed by atoms with Crippen LogP contribution in [0.5, 0.6) is 5.88 Å². The minimum absolute atomic E-state index is 0.0111. The highest BCUT2D eigenvalue weighted by Gasteiger charge is 2.13. The number of halogens is 1. The average molecular weight is 279 g/mol. The van der Waals surface area contributed by atoms with Crippen molar-refractivity contribution in [2.75, 3.05) is 5.73 Å². The van der Waals surface area contributed by atoms with Crippen molar-refractivity contribution in [3.63, 3.8) is 0 Å². The number of carbonyl (C=O) groups is 1. The van der Waals surface area contributed by atoms with Gasteiger partial charge in [-0.05, 0) is 23.8 Å². The second-order valence-electron chi connectivity index (χ2n) is 3.80. The highest BCUT2D eigenvalue weighted by atomic mass is 35.5. The zero-order valence-electron chi connectivity index (χ0n) is 9.84. The molecule has 0 fully saturated rings. The fourth-order valence-electron chi connectivity index (χ4n) is 1.53. The van der Waals surface area contributed by atoms with E-state index in [0.717, 1.165) is 5.56 Å². The van der Waals surface area contributed by atoms with Gasteiger partial charge >= 0.3 is 5.97 Å². The molecular formula is C13H11ClN2O3. The monoisotopic (exact) mass is 278 g/mol. The predicted molar refractivity (Wildman–Crippen MR) is 71.4 cm³/mol. The van der Waals surface area contributed by atoms with Gasteiger partial charge in [-0.15, -0.1) is 0 Å². The molecule has 2 aromatic rings. The van der Waals surface area contributed by atoms with Crippen LogP contribution in [0.25, 0.3) is 0 Å². The quantitative estimate of drug-likeness (QED) is 0.898. The lowest BCUT2D eigenvalue weighted by atomic mass is 10.2. The molecule has 19 heavy (non-hydrogen) atoms. The molecule has 0 unspecified atom stereocenters. The number of nitrogens with zero attached hydrogens (tertiary/aromatic N) is 1. The van der Waals surface area contributed by atoms with Crippen LogP contribution in [0.2, 0.25) is 5.02 Å². The summed E-state index contributed by atoms with van der Waals surface area (Å²) in [4.78, 5) is 14.8. The van der Waals surface area contributed by atoms with Crippen molar-refractivity contribution in [2.24, 2.45) is 0 Å². The predicted octanol–water partition coefficient (Wildman–Crippen LogP) is 2.59. The number of anilines is 1. The number of nitrogens with two attached hydrogens (primary N) is 1. The van der Waals surface area contributed by atoms with Gasteiger partial charge in [0.1, 0.15) is 12.3 Å². The van der Waals surface area contributed by atoms with Gasteiger partial charge in [-0.1, -0.05) is 23.7 Å². The lowest BCUT2D eigenvalue weighted by Crippen LogP contribution is -2.07. The summed E-state index contributed by atoms with van der Waals surface area (Å²) < 4.78 is 5.41. The van der Waals surface area contributed by atoms with Crippen LogP contribution in [-0.2, 0) is 6.61 Å². The fourth-order valence-corrected chi connectivity index (χ4v) is 1.75. The first-order valence-corrected chi connectivity index (χ1v) is 5.80. The van der Waals surface area contributed by atoms with Crippen molar-refractivity contribution >= 4 is 23.3 Å². The van der Waals surface area contributed by atoms with Gasteiger partial charge in [0.2, 0.25) is 5.88 Å². The Hall–Kier alpha value is -2.27. The molecule has 5 nitrogen and oxygen atoms in total. The Morgan fingerprint density at radius 2 is 2.21 bits per heavy atom. The molecule has 0 spiro atoms. The van der Waals surface area contributed by atoms with Crippen LogP contribution in [-0.4, -0.2) is 16.1 Å². The van der Waals surface area contributed by atoms with Gasteiger partial charge in [-0.3, -0.25) is 0 Å². The highest BCUT2D eigenvalue weighted by molar-refractivity contribution is 6.30. The van der Waals surface area contributed by atoms with E-state index in [0.29, 0.717) is 5.02 Å². The van der Waals surface area contributed by atoms with Gasteiger partial charge in [0.05, 0.1) is 5.56 Å². The third-order valence-electron chi connectivity index (χ3n) is 2.45. The second kappa shape index (κ2) is 5.58. The van der Waals surface area contributed by atoms with Crippen LogP contribution >= 0.6 is 11.6 Å². The largest absolute Gasteiger partial charge is 0.478 e. The first kappa shape index (κ1) is 13.2. The standard InChI is InChI=1S/C13H11ClN2O3/c14-9-3-1-2-8(6-9)7-19-12-11(15)10(13(17)18)4-5-16-12/h1-6H,7,15H2,(H,17,18). The molecule has 3 N–H and O–H groups in total. The summed E-state index contributed by atoms with van der Waals surface area (Å²) in [5.41, 5.74) is 6.51. The zero-order valence-corrected chi connectivity index (χ0v) is 10.6. The molecule has 1 aromatic carbocycles. The lowest BCUT2D eigenvalue weighted by molar-refractivity contribution is 0.0697. The van der Waals surface area contributed by atoms with E-state index in [4.69, 9.17) is 27.2 Å². The summed E-state index contributed by atoms with van der Waals surface area (Å²) >= 11 is 5.85. The van der Waals surface area contributed by atoms with E-state index < -0.39 is 5.97 Å².